The molecule has 0 saturated heterocycles. The molecule has 1 aromatic carbocycles. The lowest BCUT2D eigenvalue weighted by molar-refractivity contribution is -0.108. The third-order valence-corrected chi connectivity index (χ3v) is 2.28. The number of aromatic nitrogens is 1. The van der Waals surface area contributed by atoms with E-state index in [0.29, 0.717) is 17.1 Å². The van der Waals surface area contributed by atoms with Gasteiger partial charge in [0.15, 0.2) is 0 Å². The Hall–Kier alpha value is -1.72. The van der Waals surface area contributed by atoms with Crippen LogP contribution in [0.5, 0.6) is 0 Å². The summed E-state index contributed by atoms with van der Waals surface area (Å²) >= 11 is 0. The molecule has 0 aliphatic rings. The van der Waals surface area contributed by atoms with Crippen LogP contribution in [0.15, 0.2) is 34.9 Å². The van der Waals surface area contributed by atoms with Crippen LogP contribution in [-0.2, 0) is 9.47 Å². The van der Waals surface area contributed by atoms with Crippen molar-refractivity contribution in [3.05, 3.63) is 42.0 Å². The summed E-state index contributed by atoms with van der Waals surface area (Å²) in [5, 5.41) is 0. The maximum atomic E-state index is 12.8. The molecule has 1 heterocycles. The number of rotatable bonds is 4. The van der Waals surface area contributed by atoms with Crippen molar-refractivity contribution in [2.75, 3.05) is 14.2 Å². The molecule has 4 nitrogen and oxygen atoms in total. The van der Waals surface area contributed by atoms with E-state index in [1.165, 1.54) is 32.6 Å². The van der Waals surface area contributed by atoms with Crippen molar-refractivity contribution >= 4 is 0 Å². The van der Waals surface area contributed by atoms with Crippen LogP contribution in [0.1, 0.15) is 12.0 Å². The maximum Gasteiger partial charge on any atom is 0.226 e. The molecule has 90 valence electrons. The predicted octanol–water partition coefficient (Wildman–Crippen LogP) is 2.77. The molecule has 5 heteroatoms. The average Bonchev–Trinajstić information content (AvgIpc) is 2.81. The van der Waals surface area contributed by atoms with Gasteiger partial charge in [-0.05, 0) is 24.3 Å². The maximum absolute atomic E-state index is 12.8. The largest absolute Gasteiger partial charge is 0.444 e. The molecule has 0 spiro atoms. The fourth-order valence-electron chi connectivity index (χ4n) is 1.46. The van der Waals surface area contributed by atoms with Crippen molar-refractivity contribution in [2.45, 2.75) is 6.29 Å². The lowest BCUT2D eigenvalue weighted by atomic mass is 10.2. The van der Waals surface area contributed by atoms with E-state index in [-0.39, 0.29) is 5.82 Å². The van der Waals surface area contributed by atoms with E-state index in [0.717, 1.165) is 0 Å². The number of benzene rings is 1. The van der Waals surface area contributed by atoms with E-state index >= 15 is 0 Å². The van der Waals surface area contributed by atoms with E-state index in [1.807, 2.05) is 0 Å². The van der Waals surface area contributed by atoms with Crippen LogP contribution >= 0.6 is 0 Å². The zero-order valence-electron chi connectivity index (χ0n) is 9.51. The van der Waals surface area contributed by atoms with Gasteiger partial charge in [0, 0.05) is 19.8 Å². The highest BCUT2D eigenvalue weighted by atomic mass is 19.1. The van der Waals surface area contributed by atoms with Gasteiger partial charge in [0.25, 0.3) is 0 Å². The Morgan fingerprint density at radius 3 is 2.41 bits per heavy atom. The Kier molecular flexibility index (Phi) is 3.51. The third-order valence-electron chi connectivity index (χ3n) is 2.28. The third kappa shape index (κ3) is 2.51. The van der Waals surface area contributed by atoms with E-state index < -0.39 is 6.29 Å². The molecule has 0 aliphatic carbocycles. The molecule has 0 N–H and O–H groups in total. The first-order valence-corrected chi connectivity index (χ1v) is 5.01. The van der Waals surface area contributed by atoms with Crippen LogP contribution in [0.25, 0.3) is 11.5 Å². The molecule has 0 unspecified atom stereocenters. The van der Waals surface area contributed by atoms with Gasteiger partial charge in [-0.15, -0.1) is 0 Å². The molecular formula is C12H12FNO3. The summed E-state index contributed by atoms with van der Waals surface area (Å²) in [6.45, 7) is 0. The van der Waals surface area contributed by atoms with Gasteiger partial charge < -0.3 is 13.9 Å². The molecule has 0 amide bonds. The van der Waals surface area contributed by atoms with Gasteiger partial charge in [-0.1, -0.05) is 0 Å². The topological polar surface area (TPSA) is 44.5 Å². The first-order valence-electron chi connectivity index (χ1n) is 5.01. The molecule has 2 aromatic rings. The number of methoxy groups -OCH3 is 2. The minimum Gasteiger partial charge on any atom is -0.444 e. The van der Waals surface area contributed by atoms with Gasteiger partial charge in [-0.3, -0.25) is 0 Å². The smallest absolute Gasteiger partial charge is 0.226 e. The van der Waals surface area contributed by atoms with Gasteiger partial charge in [-0.25, -0.2) is 9.37 Å². The number of oxazole rings is 1. The fraction of sp³-hybridized carbons (Fsp3) is 0.250. The van der Waals surface area contributed by atoms with Crippen LogP contribution in [0.2, 0.25) is 0 Å². The van der Waals surface area contributed by atoms with E-state index in [1.54, 1.807) is 12.1 Å². The zero-order chi connectivity index (χ0) is 12.3. The summed E-state index contributed by atoms with van der Waals surface area (Å²) in [5.74, 6) is 0.103. The molecule has 0 aliphatic heterocycles. The van der Waals surface area contributed by atoms with Crippen LogP contribution in [0, 0.1) is 5.82 Å². The molecule has 1 aromatic heterocycles. The van der Waals surface area contributed by atoms with Crippen molar-refractivity contribution in [1.29, 1.82) is 0 Å². The summed E-state index contributed by atoms with van der Waals surface area (Å²) in [4.78, 5) is 4.21. The van der Waals surface area contributed by atoms with Crippen LogP contribution in [0.3, 0.4) is 0 Å². The molecule has 0 saturated carbocycles. The number of nitrogens with zero attached hydrogens (tertiary/aromatic N) is 1. The fourth-order valence-corrected chi connectivity index (χ4v) is 1.46. The first kappa shape index (κ1) is 11.8. The predicted molar refractivity (Wildman–Crippen MR) is 58.7 cm³/mol. The number of ether oxygens (including phenoxy) is 2. The summed E-state index contributed by atoms with van der Waals surface area (Å²) in [7, 11) is 3.03. The lowest BCUT2D eigenvalue weighted by Gasteiger charge is -2.08. The normalized spacial score (nSPS) is 11.1. The van der Waals surface area contributed by atoms with E-state index in [9.17, 15) is 4.39 Å². The first-order chi connectivity index (χ1) is 8.24. The van der Waals surface area contributed by atoms with Crippen molar-refractivity contribution < 1.29 is 18.3 Å². The second-order valence-corrected chi connectivity index (χ2v) is 3.39. The number of halogens is 1. The summed E-state index contributed by atoms with van der Waals surface area (Å²) < 4.78 is 28.1. The second-order valence-electron chi connectivity index (χ2n) is 3.39. The minimum atomic E-state index is -0.562. The Balaban J connectivity index is 2.26. The molecule has 0 fully saturated rings. The Morgan fingerprint density at radius 2 is 1.82 bits per heavy atom. The van der Waals surface area contributed by atoms with Gasteiger partial charge in [0.2, 0.25) is 12.2 Å². The average molecular weight is 237 g/mol. The molecule has 0 radical (unpaired) electrons. The molecular weight excluding hydrogens is 225 g/mol. The van der Waals surface area contributed by atoms with E-state index in [4.69, 9.17) is 13.9 Å². The zero-order valence-corrected chi connectivity index (χ0v) is 9.51. The van der Waals surface area contributed by atoms with E-state index in [2.05, 4.69) is 4.98 Å². The van der Waals surface area contributed by atoms with Crippen molar-refractivity contribution in [2.24, 2.45) is 0 Å². The standard InChI is InChI=1S/C12H12FNO3/c1-15-12(16-2)10-7-17-11(14-10)8-3-5-9(13)6-4-8/h3-7,12H,1-2H3. The Morgan fingerprint density at radius 1 is 1.18 bits per heavy atom. The quantitative estimate of drug-likeness (QED) is 0.767. The summed E-state index contributed by atoms with van der Waals surface area (Å²) in [5.41, 5.74) is 1.23. The van der Waals surface area contributed by atoms with Crippen LogP contribution in [-0.4, -0.2) is 19.2 Å². The van der Waals surface area contributed by atoms with Crippen molar-refractivity contribution in [3.8, 4) is 11.5 Å². The van der Waals surface area contributed by atoms with Crippen molar-refractivity contribution in [3.63, 3.8) is 0 Å². The van der Waals surface area contributed by atoms with Gasteiger partial charge in [0.1, 0.15) is 17.8 Å². The molecule has 0 bridgehead atoms. The SMILES string of the molecule is COC(OC)c1coc(-c2ccc(F)cc2)n1. The van der Waals surface area contributed by atoms with Crippen LogP contribution < -0.4 is 0 Å². The Labute approximate surface area is 98.0 Å². The molecule has 0 atom stereocenters. The van der Waals surface area contributed by atoms with Gasteiger partial charge in [0.05, 0.1) is 0 Å². The highest BCUT2D eigenvalue weighted by Gasteiger charge is 2.15. The molecule has 17 heavy (non-hydrogen) atoms. The number of hydrogen-bond acceptors (Lipinski definition) is 4. The van der Waals surface area contributed by atoms with Crippen LogP contribution in [0.4, 0.5) is 4.39 Å². The Bertz CT molecular complexity index is 477. The van der Waals surface area contributed by atoms with Gasteiger partial charge in [-0.2, -0.15) is 0 Å². The second kappa shape index (κ2) is 5.07. The van der Waals surface area contributed by atoms with Crippen molar-refractivity contribution in [1.82, 2.24) is 4.98 Å². The lowest BCUT2D eigenvalue weighted by Crippen LogP contribution is -2.03. The number of hydrogen-bond donors (Lipinski definition) is 0. The van der Waals surface area contributed by atoms with Gasteiger partial charge >= 0.3 is 0 Å². The highest BCUT2D eigenvalue weighted by Crippen LogP contribution is 2.23. The minimum absolute atomic E-state index is 0.299. The summed E-state index contributed by atoms with van der Waals surface area (Å²) in [6, 6.07) is 5.89. The highest BCUT2D eigenvalue weighted by molar-refractivity contribution is 5.52. The monoisotopic (exact) mass is 237 g/mol. The summed E-state index contributed by atoms with van der Waals surface area (Å²) in [6.07, 6.45) is 0.893. The molecule has 2 rings (SSSR count).